The molecule has 10 nitrogen and oxygen atoms in total. The van der Waals surface area contributed by atoms with Gasteiger partial charge >= 0.3 is 0 Å². The maximum Gasteiger partial charge on any atom is 0.0704 e. The lowest BCUT2D eigenvalue weighted by Gasteiger charge is -2.08. The van der Waals surface area contributed by atoms with Gasteiger partial charge in [-0.3, -0.25) is 0 Å². The first-order valence-electron chi connectivity index (χ1n) is 11.8. The minimum absolute atomic E-state index is 0.528. The maximum absolute atomic E-state index is 5.44. The molecule has 33 heavy (non-hydrogen) atoms. The van der Waals surface area contributed by atoms with Crippen molar-refractivity contribution in [2.24, 2.45) is 0 Å². The molecule has 198 valence electrons. The molecule has 0 saturated carbocycles. The standard InChI is InChI=1S/C23H46O10/c1-3-5-25-8-9-27-12-13-29-16-17-31-20-21-33-23-22-32-19-18-30-15-14-28-11-10-26-7-6-24-4-2/h3H,1,4-23H2,2H3. The average Bonchev–Trinajstić information content (AvgIpc) is 2.83. The molecule has 0 aromatic rings. The van der Waals surface area contributed by atoms with Gasteiger partial charge in [-0.15, -0.1) is 6.58 Å². The third kappa shape index (κ3) is 31.3. The highest BCUT2D eigenvalue weighted by molar-refractivity contribution is 4.63. The summed E-state index contributed by atoms with van der Waals surface area (Å²) >= 11 is 0. The highest BCUT2D eigenvalue weighted by Gasteiger charge is 1.95. The van der Waals surface area contributed by atoms with Gasteiger partial charge in [0.05, 0.1) is 126 Å². The molecule has 0 saturated heterocycles. The van der Waals surface area contributed by atoms with Gasteiger partial charge in [0.2, 0.25) is 0 Å². The van der Waals surface area contributed by atoms with Crippen LogP contribution in [0.4, 0.5) is 0 Å². The van der Waals surface area contributed by atoms with Crippen LogP contribution in [0.25, 0.3) is 0 Å². The number of ether oxygens (including phenoxy) is 10. The molecule has 0 aliphatic rings. The van der Waals surface area contributed by atoms with Gasteiger partial charge < -0.3 is 47.4 Å². The quantitative estimate of drug-likeness (QED) is 0.110. The van der Waals surface area contributed by atoms with Crippen molar-refractivity contribution in [3.63, 3.8) is 0 Å². The molecular weight excluding hydrogens is 436 g/mol. The Morgan fingerprint density at radius 3 is 0.788 bits per heavy atom. The zero-order valence-corrected chi connectivity index (χ0v) is 20.5. The van der Waals surface area contributed by atoms with Crippen molar-refractivity contribution in [3.8, 4) is 0 Å². The first kappa shape index (κ1) is 32.3. The molecule has 0 aromatic carbocycles. The molecule has 0 amide bonds. The lowest BCUT2D eigenvalue weighted by atomic mass is 10.6. The summed E-state index contributed by atoms with van der Waals surface area (Å²) in [6.45, 7) is 16.7. The molecule has 0 unspecified atom stereocenters. The molecule has 0 heterocycles. The Kier molecular flexibility index (Phi) is 30.7. The minimum Gasteiger partial charge on any atom is -0.379 e. The Balaban J connectivity index is 2.99. The van der Waals surface area contributed by atoms with Crippen LogP contribution < -0.4 is 0 Å². The summed E-state index contributed by atoms with van der Waals surface area (Å²) in [4.78, 5) is 0. The third-order valence-corrected chi connectivity index (χ3v) is 3.79. The van der Waals surface area contributed by atoms with E-state index in [4.69, 9.17) is 47.4 Å². The van der Waals surface area contributed by atoms with Crippen LogP contribution in [-0.2, 0) is 47.4 Å². The molecule has 0 bridgehead atoms. The van der Waals surface area contributed by atoms with Gasteiger partial charge in [0, 0.05) is 6.61 Å². The van der Waals surface area contributed by atoms with Crippen LogP contribution in [0.2, 0.25) is 0 Å². The summed E-state index contributed by atoms with van der Waals surface area (Å²) in [6.07, 6.45) is 1.71. The third-order valence-electron chi connectivity index (χ3n) is 3.79. The fourth-order valence-electron chi connectivity index (χ4n) is 2.19. The van der Waals surface area contributed by atoms with E-state index in [1.165, 1.54) is 0 Å². The first-order valence-corrected chi connectivity index (χ1v) is 11.8. The minimum atomic E-state index is 0.528. The second kappa shape index (κ2) is 31.3. The molecule has 10 heteroatoms. The van der Waals surface area contributed by atoms with Gasteiger partial charge in [-0.2, -0.15) is 0 Å². The second-order valence-corrected chi connectivity index (χ2v) is 6.46. The molecule has 0 radical (unpaired) electrons. The van der Waals surface area contributed by atoms with Crippen LogP contribution in [-0.4, -0.2) is 132 Å². The maximum atomic E-state index is 5.44. The average molecular weight is 483 g/mol. The number of hydrogen-bond acceptors (Lipinski definition) is 10. The molecule has 0 spiro atoms. The lowest BCUT2D eigenvalue weighted by Crippen LogP contribution is -2.15. The van der Waals surface area contributed by atoms with E-state index in [2.05, 4.69) is 6.58 Å². The van der Waals surface area contributed by atoms with Crippen molar-refractivity contribution in [3.05, 3.63) is 12.7 Å². The molecular formula is C23H46O10. The molecule has 0 aliphatic heterocycles. The monoisotopic (exact) mass is 482 g/mol. The zero-order valence-electron chi connectivity index (χ0n) is 20.5. The topological polar surface area (TPSA) is 92.3 Å². The Morgan fingerprint density at radius 1 is 0.364 bits per heavy atom. The predicted octanol–water partition coefficient (Wildman–Crippen LogP) is 1.36. The number of rotatable bonds is 30. The summed E-state index contributed by atoms with van der Waals surface area (Å²) in [5, 5.41) is 0. The van der Waals surface area contributed by atoms with E-state index in [1.54, 1.807) is 6.08 Å². The van der Waals surface area contributed by atoms with Crippen LogP contribution in [0.15, 0.2) is 12.7 Å². The van der Waals surface area contributed by atoms with Crippen LogP contribution in [0, 0.1) is 0 Å². The van der Waals surface area contributed by atoms with E-state index in [1.807, 2.05) is 6.92 Å². The predicted molar refractivity (Wildman–Crippen MR) is 124 cm³/mol. The van der Waals surface area contributed by atoms with Crippen molar-refractivity contribution >= 4 is 0 Å². The Hall–Kier alpha value is -0.660. The molecule has 0 atom stereocenters. The van der Waals surface area contributed by atoms with Gasteiger partial charge in [-0.05, 0) is 6.92 Å². The summed E-state index contributed by atoms with van der Waals surface area (Å²) in [5.41, 5.74) is 0. The van der Waals surface area contributed by atoms with Crippen molar-refractivity contribution in [1.29, 1.82) is 0 Å². The number of hydrogen-bond donors (Lipinski definition) is 0. The molecule has 0 aromatic heterocycles. The summed E-state index contributed by atoms with van der Waals surface area (Å²) in [6, 6.07) is 0. The van der Waals surface area contributed by atoms with E-state index in [-0.39, 0.29) is 0 Å². The molecule has 0 aliphatic carbocycles. The Bertz CT molecular complexity index is 360. The van der Waals surface area contributed by atoms with Crippen molar-refractivity contribution < 1.29 is 47.4 Å². The molecule has 0 rings (SSSR count). The fourth-order valence-corrected chi connectivity index (χ4v) is 2.19. The second-order valence-electron chi connectivity index (χ2n) is 6.46. The van der Waals surface area contributed by atoms with Gasteiger partial charge in [0.25, 0.3) is 0 Å². The van der Waals surface area contributed by atoms with Gasteiger partial charge in [-0.1, -0.05) is 6.08 Å². The van der Waals surface area contributed by atoms with Crippen LogP contribution in [0.1, 0.15) is 6.92 Å². The summed E-state index contributed by atoms with van der Waals surface area (Å²) < 4.78 is 53.6. The van der Waals surface area contributed by atoms with Gasteiger partial charge in [-0.25, -0.2) is 0 Å². The smallest absolute Gasteiger partial charge is 0.0704 e. The molecule has 0 fully saturated rings. The normalized spacial score (nSPS) is 11.3. The van der Waals surface area contributed by atoms with Crippen LogP contribution in [0.3, 0.4) is 0 Å². The lowest BCUT2D eigenvalue weighted by molar-refractivity contribution is -0.0259. The van der Waals surface area contributed by atoms with Crippen molar-refractivity contribution in [2.45, 2.75) is 6.92 Å². The van der Waals surface area contributed by atoms with Crippen LogP contribution >= 0.6 is 0 Å². The van der Waals surface area contributed by atoms with Crippen molar-refractivity contribution in [1.82, 2.24) is 0 Å². The van der Waals surface area contributed by atoms with Crippen molar-refractivity contribution in [2.75, 3.05) is 132 Å². The van der Waals surface area contributed by atoms with E-state index < -0.39 is 0 Å². The first-order chi connectivity index (χ1) is 16.4. The fraction of sp³-hybridized carbons (Fsp3) is 0.913. The Morgan fingerprint density at radius 2 is 0.576 bits per heavy atom. The highest BCUT2D eigenvalue weighted by Crippen LogP contribution is 1.86. The van der Waals surface area contributed by atoms with E-state index >= 15 is 0 Å². The van der Waals surface area contributed by atoms with Gasteiger partial charge in [0.15, 0.2) is 0 Å². The molecule has 0 N–H and O–H groups in total. The summed E-state index contributed by atoms with van der Waals surface area (Å²) in [7, 11) is 0. The van der Waals surface area contributed by atoms with E-state index in [0.717, 1.165) is 0 Å². The van der Waals surface area contributed by atoms with Crippen LogP contribution in [0.5, 0.6) is 0 Å². The summed E-state index contributed by atoms with van der Waals surface area (Å²) in [5.74, 6) is 0. The highest BCUT2D eigenvalue weighted by atomic mass is 16.6. The van der Waals surface area contributed by atoms with Gasteiger partial charge in [0.1, 0.15) is 0 Å². The Labute approximate surface area is 199 Å². The zero-order chi connectivity index (χ0) is 23.9. The van der Waals surface area contributed by atoms with E-state index in [0.29, 0.717) is 132 Å². The SMILES string of the molecule is C=CCOCCOCCOCCOCCOCCOCCOCCOCCOCCOCC. The largest absolute Gasteiger partial charge is 0.379 e. The van der Waals surface area contributed by atoms with E-state index in [9.17, 15) is 0 Å².